The van der Waals surface area contributed by atoms with Gasteiger partial charge < -0.3 is 10.1 Å². The van der Waals surface area contributed by atoms with Gasteiger partial charge in [-0.25, -0.2) is 9.97 Å². The van der Waals surface area contributed by atoms with Crippen molar-refractivity contribution >= 4 is 33.1 Å². The summed E-state index contributed by atoms with van der Waals surface area (Å²) >= 11 is 1.63. The van der Waals surface area contributed by atoms with Gasteiger partial charge in [-0.1, -0.05) is 25.3 Å². The molecule has 0 spiro atoms. The maximum atomic E-state index is 13.6. The lowest BCUT2D eigenvalue weighted by atomic mass is 9.90. The van der Waals surface area contributed by atoms with Crippen LogP contribution in [0.15, 0.2) is 30.3 Å². The van der Waals surface area contributed by atoms with Crippen LogP contribution in [0.2, 0.25) is 0 Å². The SMILES string of the molecule is COc1cc2nc(C3CCCCC3)sc2cc1NC(=O)c1cccc(C(C)(F)F)n1. The number of hydrogen-bond acceptors (Lipinski definition) is 5. The van der Waals surface area contributed by atoms with Crippen LogP contribution in [0.1, 0.15) is 66.1 Å². The van der Waals surface area contributed by atoms with Crippen LogP contribution in [0.25, 0.3) is 10.2 Å². The van der Waals surface area contributed by atoms with E-state index in [9.17, 15) is 13.6 Å². The lowest BCUT2D eigenvalue weighted by molar-refractivity contribution is 0.0126. The van der Waals surface area contributed by atoms with Gasteiger partial charge in [0.25, 0.3) is 11.8 Å². The molecule has 0 radical (unpaired) electrons. The molecule has 0 saturated heterocycles. The number of nitrogens with one attached hydrogen (secondary N) is 1. The Hall–Kier alpha value is -2.61. The number of anilines is 1. The second-order valence-electron chi connectivity index (χ2n) is 7.66. The first kappa shape index (κ1) is 20.7. The van der Waals surface area contributed by atoms with Crippen molar-refractivity contribution in [3.8, 4) is 5.75 Å². The van der Waals surface area contributed by atoms with Crippen LogP contribution in [0.5, 0.6) is 5.75 Å². The van der Waals surface area contributed by atoms with E-state index in [0.717, 1.165) is 35.0 Å². The number of carbonyl (C=O) groups is 1. The van der Waals surface area contributed by atoms with Gasteiger partial charge in [0, 0.05) is 18.9 Å². The molecular formula is C22H23F2N3O2S. The minimum Gasteiger partial charge on any atom is -0.494 e. The third-order valence-electron chi connectivity index (χ3n) is 5.36. The fourth-order valence-electron chi connectivity index (χ4n) is 3.76. The van der Waals surface area contributed by atoms with Crippen molar-refractivity contribution in [2.45, 2.75) is 50.9 Å². The summed E-state index contributed by atoms with van der Waals surface area (Å²) in [5.41, 5.74) is 0.769. The highest BCUT2D eigenvalue weighted by molar-refractivity contribution is 7.18. The fraction of sp³-hybridized carbons (Fsp3) is 0.409. The highest BCUT2D eigenvalue weighted by Crippen LogP contribution is 2.39. The molecule has 3 aromatic rings. The number of halogens is 2. The minimum absolute atomic E-state index is 0.0802. The topological polar surface area (TPSA) is 64.1 Å². The third kappa shape index (κ3) is 4.28. The van der Waals surface area contributed by atoms with Crippen molar-refractivity contribution in [3.05, 3.63) is 46.7 Å². The first-order valence-electron chi connectivity index (χ1n) is 10.0. The van der Waals surface area contributed by atoms with Crippen LogP contribution in [0.3, 0.4) is 0 Å². The summed E-state index contributed by atoms with van der Waals surface area (Å²) in [6.45, 7) is 0.752. The predicted molar refractivity (Wildman–Crippen MR) is 114 cm³/mol. The number of benzene rings is 1. The van der Waals surface area contributed by atoms with E-state index in [0.29, 0.717) is 17.4 Å². The molecule has 1 aliphatic rings. The van der Waals surface area contributed by atoms with Crippen molar-refractivity contribution < 1.29 is 18.3 Å². The maximum Gasteiger partial charge on any atom is 0.287 e. The number of amides is 1. The molecule has 1 aliphatic carbocycles. The molecule has 2 aromatic heterocycles. The van der Waals surface area contributed by atoms with Gasteiger partial charge in [0.05, 0.1) is 28.0 Å². The molecule has 8 heteroatoms. The van der Waals surface area contributed by atoms with E-state index in [1.807, 2.05) is 6.07 Å². The highest BCUT2D eigenvalue weighted by atomic mass is 32.1. The highest BCUT2D eigenvalue weighted by Gasteiger charge is 2.27. The van der Waals surface area contributed by atoms with Gasteiger partial charge in [0.2, 0.25) is 0 Å². The summed E-state index contributed by atoms with van der Waals surface area (Å²) in [6.07, 6.45) is 6.06. The number of ether oxygens (including phenoxy) is 1. The number of fused-ring (bicyclic) bond motifs is 1. The molecule has 5 nitrogen and oxygen atoms in total. The summed E-state index contributed by atoms with van der Waals surface area (Å²) in [5, 5.41) is 3.87. The molecule has 30 heavy (non-hydrogen) atoms. The smallest absolute Gasteiger partial charge is 0.287 e. The summed E-state index contributed by atoms with van der Waals surface area (Å²) in [6, 6.07) is 7.64. The number of nitrogens with zero attached hydrogens (tertiary/aromatic N) is 2. The number of hydrogen-bond donors (Lipinski definition) is 1. The Balaban J connectivity index is 1.62. The number of thiazole rings is 1. The van der Waals surface area contributed by atoms with E-state index in [1.165, 1.54) is 44.6 Å². The first-order chi connectivity index (χ1) is 14.3. The number of pyridine rings is 1. The largest absolute Gasteiger partial charge is 0.494 e. The van der Waals surface area contributed by atoms with Crippen molar-refractivity contribution in [2.24, 2.45) is 0 Å². The van der Waals surface area contributed by atoms with Gasteiger partial charge in [0.1, 0.15) is 17.1 Å². The zero-order valence-corrected chi connectivity index (χ0v) is 17.7. The van der Waals surface area contributed by atoms with Crippen molar-refractivity contribution in [3.63, 3.8) is 0 Å². The Kier molecular flexibility index (Phi) is 5.69. The maximum absolute atomic E-state index is 13.6. The molecule has 2 heterocycles. The van der Waals surface area contributed by atoms with Gasteiger partial charge in [-0.05, 0) is 31.0 Å². The van der Waals surface area contributed by atoms with Crippen LogP contribution < -0.4 is 10.1 Å². The Labute approximate surface area is 177 Å². The van der Waals surface area contributed by atoms with Crippen LogP contribution in [-0.2, 0) is 5.92 Å². The number of rotatable bonds is 5. The Morgan fingerprint density at radius 3 is 2.67 bits per heavy atom. The Morgan fingerprint density at radius 1 is 1.20 bits per heavy atom. The third-order valence-corrected chi connectivity index (χ3v) is 6.54. The summed E-state index contributed by atoms with van der Waals surface area (Å²) < 4.78 is 33.5. The standard InChI is InChI=1S/C22H23F2N3O2S/c1-22(23,24)19-10-6-9-14(25-19)20(28)26-15-12-18-16(11-17(15)29-2)27-21(30-18)13-7-4-3-5-8-13/h6,9-13H,3-5,7-8H2,1-2H3,(H,26,28). The molecule has 1 N–H and O–H groups in total. The van der Waals surface area contributed by atoms with E-state index >= 15 is 0 Å². The average Bonchev–Trinajstić information content (AvgIpc) is 3.16. The van der Waals surface area contributed by atoms with Crippen molar-refractivity contribution in [2.75, 3.05) is 12.4 Å². The number of carbonyl (C=O) groups excluding carboxylic acids is 1. The fourth-order valence-corrected chi connectivity index (χ4v) is 4.91. The summed E-state index contributed by atoms with van der Waals surface area (Å²) in [5.74, 6) is -2.74. The monoisotopic (exact) mass is 431 g/mol. The first-order valence-corrected chi connectivity index (χ1v) is 10.8. The average molecular weight is 432 g/mol. The minimum atomic E-state index is -3.12. The number of methoxy groups -OCH3 is 1. The van der Waals surface area contributed by atoms with Crippen molar-refractivity contribution in [1.29, 1.82) is 0 Å². The second-order valence-corrected chi connectivity index (χ2v) is 8.72. The van der Waals surface area contributed by atoms with E-state index in [2.05, 4.69) is 10.3 Å². The van der Waals surface area contributed by atoms with Crippen LogP contribution in [0, 0.1) is 0 Å². The molecule has 0 atom stereocenters. The van der Waals surface area contributed by atoms with E-state index in [1.54, 1.807) is 17.4 Å². The molecular weight excluding hydrogens is 408 g/mol. The van der Waals surface area contributed by atoms with E-state index < -0.39 is 17.5 Å². The molecule has 0 unspecified atom stereocenters. The van der Waals surface area contributed by atoms with Crippen LogP contribution in [0.4, 0.5) is 14.5 Å². The van der Waals surface area contributed by atoms with Crippen LogP contribution in [-0.4, -0.2) is 23.0 Å². The van der Waals surface area contributed by atoms with E-state index in [4.69, 9.17) is 9.72 Å². The molecule has 1 fully saturated rings. The second kappa shape index (κ2) is 8.26. The number of aromatic nitrogens is 2. The summed E-state index contributed by atoms with van der Waals surface area (Å²) in [7, 11) is 1.52. The lowest BCUT2D eigenvalue weighted by Crippen LogP contribution is -2.17. The molecule has 1 amide bonds. The van der Waals surface area contributed by atoms with Gasteiger partial charge in [-0.3, -0.25) is 4.79 Å². The van der Waals surface area contributed by atoms with Crippen molar-refractivity contribution in [1.82, 2.24) is 9.97 Å². The molecule has 0 bridgehead atoms. The van der Waals surface area contributed by atoms with Gasteiger partial charge >= 0.3 is 0 Å². The van der Waals surface area contributed by atoms with E-state index in [-0.39, 0.29) is 5.69 Å². The lowest BCUT2D eigenvalue weighted by Gasteiger charge is -2.18. The zero-order chi connectivity index (χ0) is 21.3. The normalized spacial score (nSPS) is 15.3. The van der Waals surface area contributed by atoms with Crippen LogP contribution >= 0.6 is 11.3 Å². The summed E-state index contributed by atoms with van der Waals surface area (Å²) in [4.78, 5) is 21.3. The molecule has 4 rings (SSSR count). The van der Waals surface area contributed by atoms with Gasteiger partial charge in [-0.2, -0.15) is 8.78 Å². The molecule has 158 valence electrons. The Bertz CT molecular complexity index is 1070. The number of alkyl halides is 2. The quantitative estimate of drug-likeness (QED) is 0.529. The Morgan fingerprint density at radius 2 is 1.97 bits per heavy atom. The molecule has 1 aromatic carbocycles. The molecule has 1 saturated carbocycles. The predicted octanol–water partition coefficient (Wildman–Crippen LogP) is 6.11. The molecule has 0 aliphatic heterocycles. The zero-order valence-electron chi connectivity index (χ0n) is 16.9. The van der Waals surface area contributed by atoms with Gasteiger partial charge in [-0.15, -0.1) is 11.3 Å². The van der Waals surface area contributed by atoms with Gasteiger partial charge in [0.15, 0.2) is 0 Å².